The van der Waals surface area contributed by atoms with Crippen molar-refractivity contribution in [3.8, 4) is 17.5 Å². The normalized spacial score (nSPS) is 30.7. The van der Waals surface area contributed by atoms with Crippen LogP contribution in [0.3, 0.4) is 0 Å². The molecule has 4 heterocycles. The van der Waals surface area contributed by atoms with Gasteiger partial charge in [-0.2, -0.15) is 5.26 Å². The first-order valence-corrected chi connectivity index (χ1v) is 12.3. The molecule has 182 valence electrons. The Morgan fingerprint density at radius 2 is 2.17 bits per heavy atom. The molecule has 0 spiro atoms. The minimum atomic E-state index is -0.729. The van der Waals surface area contributed by atoms with Gasteiger partial charge in [-0.15, -0.1) is 5.10 Å². The highest BCUT2D eigenvalue weighted by Crippen LogP contribution is 2.44. The van der Waals surface area contributed by atoms with Gasteiger partial charge in [-0.05, 0) is 59.2 Å². The Balaban J connectivity index is 1.12. The van der Waals surface area contributed by atoms with Gasteiger partial charge in [0.15, 0.2) is 5.82 Å². The lowest BCUT2D eigenvalue weighted by Crippen LogP contribution is -2.56. The molecule has 6 rings (SSSR count). The largest absolute Gasteiger partial charge is 0.330 e. The summed E-state index contributed by atoms with van der Waals surface area (Å²) in [4.78, 5) is 32.2. The number of hydrogen-bond donors (Lipinski definition) is 2. The van der Waals surface area contributed by atoms with Crippen LogP contribution in [-0.2, 0) is 16.0 Å². The van der Waals surface area contributed by atoms with Gasteiger partial charge in [-0.3, -0.25) is 14.5 Å². The van der Waals surface area contributed by atoms with Gasteiger partial charge in [0.25, 0.3) is 0 Å². The summed E-state index contributed by atoms with van der Waals surface area (Å²) in [6, 6.07) is 7.28. The van der Waals surface area contributed by atoms with Crippen LogP contribution in [0.15, 0.2) is 18.2 Å². The highest BCUT2D eigenvalue weighted by atomic mass is 16.2. The number of hydrogen-bond acceptors (Lipinski definition) is 8. The van der Waals surface area contributed by atoms with Crippen LogP contribution in [0.1, 0.15) is 43.4 Å². The second kappa shape index (κ2) is 8.39. The molecule has 0 radical (unpaired) electrons. The molecule has 1 aromatic heterocycles. The third-order valence-electron chi connectivity index (χ3n) is 8.15. The van der Waals surface area contributed by atoms with Crippen LogP contribution in [0, 0.1) is 17.2 Å². The van der Waals surface area contributed by atoms with Gasteiger partial charge in [-0.25, -0.2) is 5.10 Å². The summed E-state index contributed by atoms with van der Waals surface area (Å²) in [5.41, 5.74) is 9.68. The van der Waals surface area contributed by atoms with E-state index in [0.29, 0.717) is 31.3 Å². The number of carbonyl (C=O) groups is 2. The zero-order valence-corrected chi connectivity index (χ0v) is 19.7. The van der Waals surface area contributed by atoms with E-state index >= 15 is 0 Å². The van der Waals surface area contributed by atoms with E-state index in [4.69, 9.17) is 5.73 Å². The van der Waals surface area contributed by atoms with Crippen LogP contribution in [-0.4, -0.2) is 90.9 Å². The van der Waals surface area contributed by atoms with Crippen molar-refractivity contribution in [2.45, 2.75) is 62.8 Å². The minimum absolute atomic E-state index is 0.0781. The fourth-order valence-corrected chi connectivity index (χ4v) is 6.57. The Morgan fingerprint density at radius 1 is 1.31 bits per heavy atom. The van der Waals surface area contributed by atoms with Crippen molar-refractivity contribution in [1.82, 2.24) is 35.3 Å². The summed E-state index contributed by atoms with van der Waals surface area (Å²) in [5, 5.41) is 23.5. The SMILES string of the molecule is CC1CC(C#N)N(C(=O)C(N)CN2C[C@@H]3CC2C(=O)N3[C@H]2CCc3cc(-c4nnn[nH]4)ccc32)C1. The number of likely N-dealkylation sites (tertiary alicyclic amines) is 3. The third kappa shape index (κ3) is 3.59. The van der Waals surface area contributed by atoms with Gasteiger partial charge in [0, 0.05) is 31.2 Å². The number of nitriles is 1. The number of aromatic amines is 1. The first kappa shape index (κ1) is 22.1. The zero-order chi connectivity index (χ0) is 24.3. The van der Waals surface area contributed by atoms with Crippen LogP contribution in [0.25, 0.3) is 11.4 Å². The van der Waals surface area contributed by atoms with Crippen LogP contribution in [0.5, 0.6) is 0 Å². The molecule has 3 aliphatic heterocycles. The number of carbonyl (C=O) groups excluding carboxylic acids is 2. The molecule has 11 nitrogen and oxygen atoms in total. The number of H-pyrrole nitrogens is 1. The number of aryl methyl sites for hydroxylation is 1. The number of nitrogens with two attached hydrogens (primary N) is 1. The fraction of sp³-hybridized carbons (Fsp3) is 0.583. The molecule has 2 aromatic rings. The summed E-state index contributed by atoms with van der Waals surface area (Å²) < 4.78 is 0. The van der Waals surface area contributed by atoms with Crippen molar-refractivity contribution in [3.63, 3.8) is 0 Å². The Kier molecular flexibility index (Phi) is 5.30. The minimum Gasteiger partial charge on any atom is -0.330 e. The van der Waals surface area contributed by atoms with Crippen molar-refractivity contribution < 1.29 is 9.59 Å². The van der Waals surface area contributed by atoms with E-state index in [1.165, 1.54) is 11.1 Å². The molecule has 2 bridgehead atoms. The first-order chi connectivity index (χ1) is 16.9. The molecule has 0 saturated carbocycles. The summed E-state index contributed by atoms with van der Waals surface area (Å²) in [7, 11) is 0. The predicted molar refractivity (Wildman–Crippen MR) is 124 cm³/mol. The number of amides is 2. The van der Waals surface area contributed by atoms with Crippen molar-refractivity contribution in [2.75, 3.05) is 19.6 Å². The average molecular weight is 476 g/mol. The quantitative estimate of drug-likeness (QED) is 0.624. The molecule has 2 amide bonds. The number of piperazine rings is 1. The summed E-state index contributed by atoms with van der Waals surface area (Å²) in [5.74, 6) is 0.882. The zero-order valence-electron chi connectivity index (χ0n) is 19.7. The monoisotopic (exact) mass is 475 g/mol. The van der Waals surface area contributed by atoms with E-state index in [9.17, 15) is 14.9 Å². The molecule has 1 aliphatic carbocycles. The summed E-state index contributed by atoms with van der Waals surface area (Å²) in [6.45, 7) is 3.68. The molecule has 1 aromatic carbocycles. The van der Waals surface area contributed by atoms with Gasteiger partial charge in [0.2, 0.25) is 11.8 Å². The number of nitrogens with one attached hydrogen (secondary N) is 1. The maximum absolute atomic E-state index is 13.5. The Bertz CT molecular complexity index is 1190. The van der Waals surface area contributed by atoms with Crippen LogP contribution < -0.4 is 5.73 Å². The van der Waals surface area contributed by atoms with E-state index in [2.05, 4.69) is 48.6 Å². The van der Waals surface area contributed by atoms with E-state index < -0.39 is 12.1 Å². The smallest absolute Gasteiger partial charge is 0.241 e. The van der Waals surface area contributed by atoms with E-state index in [0.717, 1.165) is 31.4 Å². The number of aromatic nitrogens is 4. The highest BCUT2D eigenvalue weighted by molar-refractivity contribution is 5.87. The number of benzene rings is 1. The van der Waals surface area contributed by atoms with Gasteiger partial charge in [0.1, 0.15) is 6.04 Å². The van der Waals surface area contributed by atoms with Crippen LogP contribution in [0.2, 0.25) is 0 Å². The summed E-state index contributed by atoms with van der Waals surface area (Å²) in [6.07, 6.45) is 3.28. The van der Waals surface area contributed by atoms with Crippen molar-refractivity contribution in [2.24, 2.45) is 11.7 Å². The highest BCUT2D eigenvalue weighted by Gasteiger charge is 2.53. The molecular weight excluding hydrogens is 446 g/mol. The number of tetrazole rings is 1. The number of rotatable bonds is 5. The predicted octanol–water partition coefficient (Wildman–Crippen LogP) is 0.227. The van der Waals surface area contributed by atoms with E-state index in [1.54, 1.807) is 4.90 Å². The van der Waals surface area contributed by atoms with E-state index in [-0.39, 0.29) is 29.9 Å². The molecule has 35 heavy (non-hydrogen) atoms. The lowest BCUT2D eigenvalue weighted by atomic mass is 10.0. The topological polar surface area (TPSA) is 148 Å². The molecular formula is C24H29N9O2. The average Bonchev–Trinajstić information content (AvgIpc) is 3.66. The third-order valence-corrected chi connectivity index (χ3v) is 8.15. The van der Waals surface area contributed by atoms with Gasteiger partial charge < -0.3 is 15.5 Å². The second-order valence-corrected chi connectivity index (χ2v) is 10.4. The molecule has 11 heteroatoms. The molecule has 6 atom stereocenters. The number of nitrogens with zero attached hydrogens (tertiary/aromatic N) is 7. The Hall–Kier alpha value is -3.36. The molecule has 4 unspecified atom stereocenters. The maximum atomic E-state index is 13.5. The Labute approximate surface area is 203 Å². The number of fused-ring (bicyclic) bond motifs is 3. The molecule has 3 fully saturated rings. The van der Waals surface area contributed by atoms with Crippen LogP contribution in [0.4, 0.5) is 0 Å². The van der Waals surface area contributed by atoms with Crippen molar-refractivity contribution in [3.05, 3.63) is 29.3 Å². The Morgan fingerprint density at radius 3 is 2.91 bits per heavy atom. The summed E-state index contributed by atoms with van der Waals surface area (Å²) >= 11 is 0. The van der Waals surface area contributed by atoms with Crippen molar-refractivity contribution in [1.29, 1.82) is 5.26 Å². The maximum Gasteiger partial charge on any atom is 0.241 e. The lowest BCUT2D eigenvalue weighted by molar-refractivity contribution is -0.141. The van der Waals surface area contributed by atoms with Crippen molar-refractivity contribution >= 4 is 11.8 Å². The first-order valence-electron chi connectivity index (χ1n) is 12.3. The second-order valence-electron chi connectivity index (χ2n) is 10.4. The van der Waals surface area contributed by atoms with E-state index in [1.807, 2.05) is 13.0 Å². The molecule has 3 N–H and O–H groups in total. The molecule has 3 saturated heterocycles. The van der Waals surface area contributed by atoms with Gasteiger partial charge in [0.05, 0.1) is 24.2 Å². The lowest BCUT2D eigenvalue weighted by Gasteiger charge is -2.38. The van der Waals surface area contributed by atoms with Crippen LogP contribution >= 0.6 is 0 Å². The van der Waals surface area contributed by atoms with Gasteiger partial charge in [-0.1, -0.05) is 19.1 Å². The standard InChI is InChI=1S/C24H29N9O2/c1-13-6-16(9-25)32(10-13)23(34)19(26)12-31-11-17-8-21(31)24(35)33(17)20-5-3-14-7-15(2-4-18(14)20)22-27-29-30-28-22/h2,4,7,13,16-17,19-21H,3,5-6,8,10-12,26H2,1H3,(H,27,28,29,30)/t13?,16?,17-,19?,20-,21?/m0/s1. The van der Waals surface area contributed by atoms with Gasteiger partial charge >= 0.3 is 0 Å². The fourth-order valence-electron chi connectivity index (χ4n) is 6.57. The molecule has 4 aliphatic rings.